The number of ether oxygens (including phenoxy) is 1. The van der Waals surface area contributed by atoms with Gasteiger partial charge in [0.25, 0.3) is 0 Å². The van der Waals surface area contributed by atoms with Crippen LogP contribution in [0.5, 0.6) is 0 Å². The van der Waals surface area contributed by atoms with Gasteiger partial charge in [0.05, 0.1) is 6.04 Å². The highest BCUT2D eigenvalue weighted by atomic mass is 16.6. The molecule has 2 aliphatic rings. The molecule has 0 radical (unpaired) electrons. The fourth-order valence-corrected chi connectivity index (χ4v) is 3.76. The van der Waals surface area contributed by atoms with Gasteiger partial charge in [0.1, 0.15) is 6.61 Å². The first kappa shape index (κ1) is 17.7. The number of carbonyl (C=O) groups is 2. The van der Waals surface area contributed by atoms with Crippen LogP contribution in [0.25, 0.3) is 0 Å². The molecule has 1 fully saturated rings. The summed E-state index contributed by atoms with van der Waals surface area (Å²) in [5.74, 6) is 0.308. The molecule has 1 heterocycles. The van der Waals surface area contributed by atoms with E-state index >= 15 is 0 Å². The summed E-state index contributed by atoms with van der Waals surface area (Å²) in [5.41, 5.74) is 2.59. The van der Waals surface area contributed by atoms with E-state index in [9.17, 15) is 9.59 Å². The van der Waals surface area contributed by atoms with Crippen molar-refractivity contribution in [3.63, 3.8) is 0 Å². The van der Waals surface area contributed by atoms with E-state index in [4.69, 9.17) is 4.74 Å². The molecule has 1 aromatic rings. The number of hydrogen-bond donors (Lipinski definition) is 0. The summed E-state index contributed by atoms with van der Waals surface area (Å²) in [7, 11) is 0. The molecule has 3 rings (SSSR count). The van der Waals surface area contributed by atoms with Gasteiger partial charge < -0.3 is 4.74 Å². The molecule has 1 saturated heterocycles. The fraction of sp³-hybridized carbons (Fsp3) is 0.524. The lowest BCUT2D eigenvalue weighted by atomic mass is 9.87. The minimum atomic E-state index is -0.490. The van der Waals surface area contributed by atoms with E-state index in [2.05, 4.69) is 13.0 Å². The summed E-state index contributed by atoms with van der Waals surface area (Å²) in [6.07, 6.45) is 8.53. The summed E-state index contributed by atoms with van der Waals surface area (Å²) >= 11 is 0. The molecule has 2 atom stereocenters. The largest absolute Gasteiger partial charge is 0.447 e. The Morgan fingerprint density at radius 2 is 2.08 bits per heavy atom. The molecule has 4 heteroatoms. The average Bonchev–Trinajstić information content (AvgIpc) is 3.01. The number of rotatable bonds is 6. The highest BCUT2D eigenvalue weighted by Gasteiger charge is 2.37. The third kappa shape index (κ3) is 4.50. The molecule has 2 amide bonds. The van der Waals surface area contributed by atoms with Gasteiger partial charge in [-0.15, -0.1) is 0 Å². The third-order valence-electron chi connectivity index (χ3n) is 5.29. The zero-order valence-corrected chi connectivity index (χ0v) is 14.9. The van der Waals surface area contributed by atoms with E-state index in [-0.39, 0.29) is 11.9 Å². The number of amides is 2. The van der Waals surface area contributed by atoms with Crippen LogP contribution in [0.2, 0.25) is 0 Å². The van der Waals surface area contributed by atoms with Gasteiger partial charge in [0.15, 0.2) is 0 Å². The van der Waals surface area contributed by atoms with E-state index in [1.807, 2.05) is 30.3 Å². The molecule has 4 nitrogen and oxygen atoms in total. The molecule has 1 aliphatic heterocycles. The molecule has 0 bridgehead atoms. The molecule has 1 aliphatic carbocycles. The Kier molecular flexibility index (Phi) is 5.90. The van der Waals surface area contributed by atoms with Gasteiger partial charge in [-0.05, 0) is 50.0 Å². The summed E-state index contributed by atoms with van der Waals surface area (Å²) in [4.78, 5) is 26.0. The van der Waals surface area contributed by atoms with Crippen LogP contribution >= 0.6 is 0 Å². The second-order valence-electron chi connectivity index (χ2n) is 7.15. The van der Waals surface area contributed by atoms with Crippen molar-refractivity contribution in [1.82, 2.24) is 4.90 Å². The van der Waals surface area contributed by atoms with Gasteiger partial charge in [0, 0.05) is 6.42 Å². The number of carbonyl (C=O) groups excluding carboxylic acids is 2. The number of hydrogen-bond acceptors (Lipinski definition) is 3. The zero-order chi connectivity index (χ0) is 17.6. The Bertz CT molecular complexity index is 638. The second-order valence-corrected chi connectivity index (χ2v) is 7.15. The van der Waals surface area contributed by atoms with Crippen LogP contribution in [0.1, 0.15) is 51.0 Å². The summed E-state index contributed by atoms with van der Waals surface area (Å²) in [5, 5.41) is 0. The number of nitrogens with zero attached hydrogens (tertiary/aromatic N) is 1. The third-order valence-corrected chi connectivity index (χ3v) is 5.29. The zero-order valence-electron chi connectivity index (χ0n) is 14.9. The lowest BCUT2D eigenvalue weighted by Gasteiger charge is -2.22. The van der Waals surface area contributed by atoms with Gasteiger partial charge in [0.2, 0.25) is 5.91 Å². The van der Waals surface area contributed by atoms with E-state index in [0.717, 1.165) is 24.8 Å². The molecule has 134 valence electrons. The van der Waals surface area contributed by atoms with Gasteiger partial charge >= 0.3 is 6.09 Å². The molecular formula is C21H27NO3. The first-order valence-electron chi connectivity index (χ1n) is 9.37. The SMILES string of the molecule is C[C@H](CCC(=O)N1C(=O)OC[C@@H]1Cc1ccccc1)C1=CCCCC1. The Morgan fingerprint density at radius 3 is 2.80 bits per heavy atom. The molecule has 0 spiro atoms. The smallest absolute Gasteiger partial charge is 0.416 e. The van der Waals surface area contributed by atoms with Crippen molar-refractivity contribution in [3.8, 4) is 0 Å². The Labute approximate surface area is 149 Å². The van der Waals surface area contributed by atoms with E-state index < -0.39 is 6.09 Å². The highest BCUT2D eigenvalue weighted by Crippen LogP contribution is 2.28. The molecule has 0 N–H and O–H groups in total. The van der Waals surface area contributed by atoms with Gasteiger partial charge in [-0.2, -0.15) is 0 Å². The molecule has 0 unspecified atom stereocenters. The quantitative estimate of drug-likeness (QED) is 0.716. The van der Waals surface area contributed by atoms with E-state index in [0.29, 0.717) is 25.4 Å². The van der Waals surface area contributed by atoms with E-state index in [1.165, 1.54) is 23.3 Å². The second kappa shape index (κ2) is 8.32. The van der Waals surface area contributed by atoms with E-state index in [1.54, 1.807) is 0 Å². The van der Waals surface area contributed by atoms with Crippen molar-refractivity contribution in [2.24, 2.45) is 5.92 Å². The lowest BCUT2D eigenvalue weighted by Crippen LogP contribution is -2.40. The first-order chi connectivity index (χ1) is 12.1. The first-order valence-corrected chi connectivity index (χ1v) is 9.37. The lowest BCUT2D eigenvalue weighted by molar-refractivity contribution is -0.129. The van der Waals surface area contributed by atoms with Crippen molar-refractivity contribution in [1.29, 1.82) is 0 Å². The van der Waals surface area contributed by atoms with Crippen LogP contribution in [0, 0.1) is 5.92 Å². The maximum atomic E-state index is 12.6. The van der Waals surface area contributed by atoms with Gasteiger partial charge in [-0.1, -0.05) is 48.9 Å². The number of cyclic esters (lactones) is 1. The average molecular weight is 341 g/mol. The number of imide groups is 1. The van der Waals surface area contributed by atoms with Crippen LogP contribution in [0.4, 0.5) is 4.79 Å². The monoisotopic (exact) mass is 341 g/mol. The maximum absolute atomic E-state index is 12.6. The van der Waals surface area contributed by atoms with Crippen LogP contribution in [-0.4, -0.2) is 29.5 Å². The highest BCUT2D eigenvalue weighted by molar-refractivity contribution is 5.93. The molecule has 0 saturated carbocycles. The molecule has 1 aromatic carbocycles. The predicted molar refractivity (Wildman–Crippen MR) is 97.1 cm³/mol. The number of benzene rings is 1. The van der Waals surface area contributed by atoms with Crippen LogP contribution < -0.4 is 0 Å². The maximum Gasteiger partial charge on any atom is 0.416 e. The Hall–Kier alpha value is -2.10. The Morgan fingerprint density at radius 1 is 1.28 bits per heavy atom. The summed E-state index contributed by atoms with van der Waals surface area (Å²) < 4.78 is 5.15. The van der Waals surface area contributed by atoms with Crippen molar-refractivity contribution < 1.29 is 14.3 Å². The van der Waals surface area contributed by atoms with Crippen LogP contribution in [0.15, 0.2) is 42.0 Å². The van der Waals surface area contributed by atoms with Crippen molar-refractivity contribution in [3.05, 3.63) is 47.5 Å². The van der Waals surface area contributed by atoms with Gasteiger partial charge in [-0.3, -0.25) is 4.79 Å². The summed E-state index contributed by atoms with van der Waals surface area (Å²) in [6.45, 7) is 2.48. The minimum Gasteiger partial charge on any atom is -0.447 e. The summed E-state index contributed by atoms with van der Waals surface area (Å²) in [6, 6.07) is 9.75. The molecule has 0 aromatic heterocycles. The van der Waals surface area contributed by atoms with Crippen molar-refractivity contribution >= 4 is 12.0 Å². The Balaban J connectivity index is 1.57. The molecule has 25 heavy (non-hydrogen) atoms. The predicted octanol–water partition coefficient (Wildman–Crippen LogP) is 4.49. The van der Waals surface area contributed by atoms with Crippen molar-refractivity contribution in [2.75, 3.05) is 6.61 Å². The van der Waals surface area contributed by atoms with Gasteiger partial charge in [-0.25, -0.2) is 9.69 Å². The van der Waals surface area contributed by atoms with Crippen LogP contribution in [0.3, 0.4) is 0 Å². The number of allylic oxidation sites excluding steroid dienone is 2. The van der Waals surface area contributed by atoms with Crippen molar-refractivity contribution in [2.45, 2.75) is 57.9 Å². The standard InChI is InChI=1S/C21H27NO3/c1-16(18-10-6-3-7-11-18)12-13-20(23)22-19(15-25-21(22)24)14-17-8-4-2-5-9-17/h2,4-5,8-10,16,19H,3,6-7,11-15H2,1H3/t16-,19+/m1/s1. The van der Waals surface area contributed by atoms with Crippen LogP contribution in [-0.2, 0) is 16.0 Å². The minimum absolute atomic E-state index is 0.105. The normalized spacial score (nSPS) is 21.6. The fourth-order valence-electron chi connectivity index (χ4n) is 3.76. The molecular weight excluding hydrogens is 314 g/mol. The topological polar surface area (TPSA) is 46.6 Å².